The Hall–Kier alpha value is -1.53. The van der Waals surface area contributed by atoms with E-state index in [-0.39, 0.29) is 17.9 Å². The Morgan fingerprint density at radius 1 is 1.17 bits per heavy atom. The van der Waals surface area contributed by atoms with E-state index in [0.29, 0.717) is 36.9 Å². The van der Waals surface area contributed by atoms with Crippen LogP contribution in [0.3, 0.4) is 0 Å². The summed E-state index contributed by atoms with van der Waals surface area (Å²) in [7, 11) is 0. The first-order valence-corrected chi connectivity index (χ1v) is 9.59. The summed E-state index contributed by atoms with van der Waals surface area (Å²) in [6.45, 7) is 2.87. The van der Waals surface area contributed by atoms with Crippen molar-refractivity contribution in [3.8, 4) is 0 Å². The molecule has 3 rings (SSSR count). The van der Waals surface area contributed by atoms with E-state index in [1.54, 1.807) is 11.8 Å². The quantitative estimate of drug-likeness (QED) is 0.817. The monoisotopic (exact) mass is 348 g/mol. The molecule has 5 nitrogen and oxygen atoms in total. The van der Waals surface area contributed by atoms with Gasteiger partial charge in [0.15, 0.2) is 0 Å². The number of benzene rings is 1. The lowest BCUT2D eigenvalue weighted by molar-refractivity contribution is -0.121. The summed E-state index contributed by atoms with van der Waals surface area (Å²) in [5.41, 5.74) is 0.713. The molecule has 2 amide bonds. The highest BCUT2D eigenvalue weighted by Crippen LogP contribution is 2.37. The second kappa shape index (κ2) is 7.15. The number of thioether (sulfide) groups is 1. The van der Waals surface area contributed by atoms with Gasteiger partial charge in [0.2, 0.25) is 5.91 Å². The molecule has 1 saturated heterocycles. The minimum atomic E-state index is -0.522. The molecular formula is C18H24N2O3S. The van der Waals surface area contributed by atoms with Gasteiger partial charge in [-0.15, -0.1) is 11.8 Å². The average Bonchev–Trinajstić information content (AvgIpc) is 2.97. The number of rotatable bonds is 3. The van der Waals surface area contributed by atoms with Crippen molar-refractivity contribution in [1.82, 2.24) is 10.2 Å². The maximum absolute atomic E-state index is 12.7. The van der Waals surface area contributed by atoms with Gasteiger partial charge in [-0.05, 0) is 55.2 Å². The molecule has 24 heavy (non-hydrogen) atoms. The van der Waals surface area contributed by atoms with Gasteiger partial charge in [0.25, 0.3) is 5.91 Å². The van der Waals surface area contributed by atoms with Crippen LogP contribution in [-0.2, 0) is 4.79 Å². The van der Waals surface area contributed by atoms with Crippen LogP contribution in [0.25, 0.3) is 0 Å². The number of carbonyl (C=O) groups excluding carboxylic acids is 2. The van der Waals surface area contributed by atoms with Crippen LogP contribution in [0.1, 0.15) is 30.1 Å². The maximum Gasteiger partial charge on any atom is 0.253 e. The highest BCUT2D eigenvalue weighted by Gasteiger charge is 2.43. The molecule has 1 aliphatic carbocycles. The zero-order valence-corrected chi connectivity index (χ0v) is 14.9. The Bertz CT molecular complexity index is 619. The Kier molecular flexibility index (Phi) is 5.15. The number of hydrogen-bond donors (Lipinski definition) is 2. The second-order valence-electron chi connectivity index (χ2n) is 6.80. The molecule has 0 aromatic heterocycles. The van der Waals surface area contributed by atoms with Crippen molar-refractivity contribution in [1.29, 1.82) is 0 Å². The number of nitrogens with one attached hydrogen (secondary N) is 1. The van der Waals surface area contributed by atoms with Crippen LogP contribution in [0.2, 0.25) is 0 Å². The molecule has 2 fully saturated rings. The summed E-state index contributed by atoms with van der Waals surface area (Å²) in [4.78, 5) is 27.0. The summed E-state index contributed by atoms with van der Waals surface area (Å²) >= 11 is 1.66. The number of carbonyl (C=O) groups is 2. The number of fused-ring (bicyclic) bond motifs is 1. The van der Waals surface area contributed by atoms with E-state index < -0.39 is 6.10 Å². The highest BCUT2D eigenvalue weighted by atomic mass is 32.2. The maximum atomic E-state index is 12.7. The van der Waals surface area contributed by atoms with Gasteiger partial charge in [-0.2, -0.15) is 0 Å². The second-order valence-corrected chi connectivity index (χ2v) is 7.68. The molecular weight excluding hydrogens is 324 g/mol. The van der Waals surface area contributed by atoms with Gasteiger partial charge >= 0.3 is 0 Å². The summed E-state index contributed by atoms with van der Waals surface area (Å²) in [6, 6.07) is 7.51. The lowest BCUT2D eigenvalue weighted by Gasteiger charge is -2.35. The molecule has 1 saturated carbocycles. The molecule has 2 N–H and O–H groups in total. The fraction of sp³-hybridized carbons (Fsp3) is 0.556. The minimum absolute atomic E-state index is 0.0580. The van der Waals surface area contributed by atoms with Crippen molar-refractivity contribution in [2.24, 2.45) is 11.8 Å². The van der Waals surface area contributed by atoms with Crippen LogP contribution in [-0.4, -0.2) is 53.3 Å². The molecule has 0 spiro atoms. The molecule has 1 aromatic rings. The van der Waals surface area contributed by atoms with Gasteiger partial charge in [-0.1, -0.05) is 0 Å². The molecule has 6 heteroatoms. The standard InChI is InChI=1S/C18H24N2O3S/c1-11(21)19-16-7-13-9-20(10-14(13)8-17(16)22)18(23)12-3-5-15(24-2)6-4-12/h3-6,13-14,16-17,22H,7-10H2,1-2H3,(H,19,21)/t13-,14+,16-,17-/m1/s1. The summed E-state index contributed by atoms with van der Waals surface area (Å²) in [5.74, 6) is 0.610. The van der Waals surface area contributed by atoms with Crippen LogP contribution in [0, 0.1) is 11.8 Å². The SMILES string of the molecule is CSc1ccc(C(=O)N2C[C@H]3C[C@@H](NC(C)=O)[C@H](O)C[C@H]3C2)cc1. The number of aliphatic hydroxyl groups excluding tert-OH is 1. The molecule has 1 aliphatic heterocycles. The van der Waals surface area contributed by atoms with Crippen molar-refractivity contribution in [3.63, 3.8) is 0 Å². The number of nitrogens with zero attached hydrogens (tertiary/aromatic N) is 1. The topological polar surface area (TPSA) is 69.6 Å². The van der Waals surface area contributed by atoms with Crippen LogP contribution in [0.5, 0.6) is 0 Å². The van der Waals surface area contributed by atoms with E-state index in [1.807, 2.05) is 35.4 Å². The van der Waals surface area contributed by atoms with E-state index in [9.17, 15) is 14.7 Å². The van der Waals surface area contributed by atoms with E-state index in [0.717, 1.165) is 11.3 Å². The molecule has 1 aromatic carbocycles. The fourth-order valence-corrected chi connectivity index (χ4v) is 4.34. The molecule has 130 valence electrons. The molecule has 0 unspecified atom stereocenters. The predicted octanol–water partition coefficient (Wildman–Crippen LogP) is 1.76. The smallest absolute Gasteiger partial charge is 0.253 e. The third-order valence-corrected chi connectivity index (χ3v) is 5.90. The van der Waals surface area contributed by atoms with E-state index in [1.165, 1.54) is 6.92 Å². The van der Waals surface area contributed by atoms with Crippen LogP contribution < -0.4 is 5.32 Å². The molecule has 4 atom stereocenters. The third-order valence-electron chi connectivity index (χ3n) is 5.15. The fourth-order valence-electron chi connectivity index (χ4n) is 3.93. The normalized spacial score (nSPS) is 29.2. The van der Waals surface area contributed by atoms with E-state index >= 15 is 0 Å². The average molecular weight is 348 g/mol. The molecule has 1 heterocycles. The number of amides is 2. The summed E-state index contributed by atoms with van der Waals surface area (Å²) in [5, 5.41) is 13.1. The van der Waals surface area contributed by atoms with Gasteiger partial charge in [-0.3, -0.25) is 9.59 Å². The zero-order chi connectivity index (χ0) is 17.3. The van der Waals surface area contributed by atoms with Gasteiger partial charge in [-0.25, -0.2) is 0 Å². The largest absolute Gasteiger partial charge is 0.391 e. The van der Waals surface area contributed by atoms with Crippen molar-refractivity contribution in [3.05, 3.63) is 29.8 Å². The Morgan fingerprint density at radius 3 is 2.38 bits per heavy atom. The van der Waals surface area contributed by atoms with Gasteiger partial charge in [0, 0.05) is 30.5 Å². The first-order valence-electron chi connectivity index (χ1n) is 8.36. The van der Waals surface area contributed by atoms with Gasteiger partial charge < -0.3 is 15.3 Å². The summed E-state index contributed by atoms with van der Waals surface area (Å²) < 4.78 is 0. The van der Waals surface area contributed by atoms with Crippen LogP contribution in [0.4, 0.5) is 0 Å². The van der Waals surface area contributed by atoms with Crippen molar-refractivity contribution in [2.75, 3.05) is 19.3 Å². The van der Waals surface area contributed by atoms with Gasteiger partial charge in [0.05, 0.1) is 12.1 Å². The minimum Gasteiger partial charge on any atom is -0.391 e. The van der Waals surface area contributed by atoms with Crippen molar-refractivity contribution >= 4 is 23.6 Å². The number of likely N-dealkylation sites (tertiary alicyclic amines) is 1. The first kappa shape index (κ1) is 17.3. The Labute approximate surface area is 146 Å². The van der Waals surface area contributed by atoms with Crippen LogP contribution >= 0.6 is 11.8 Å². The summed E-state index contributed by atoms with van der Waals surface area (Å²) in [6.07, 6.45) is 2.87. The van der Waals surface area contributed by atoms with Crippen LogP contribution in [0.15, 0.2) is 29.2 Å². The number of hydrogen-bond acceptors (Lipinski definition) is 4. The lowest BCUT2D eigenvalue weighted by Crippen LogP contribution is -2.48. The Morgan fingerprint density at radius 2 is 1.79 bits per heavy atom. The van der Waals surface area contributed by atoms with Gasteiger partial charge in [0.1, 0.15) is 0 Å². The third kappa shape index (κ3) is 3.59. The molecule has 2 aliphatic rings. The van der Waals surface area contributed by atoms with E-state index in [2.05, 4.69) is 5.32 Å². The highest BCUT2D eigenvalue weighted by molar-refractivity contribution is 7.98. The van der Waals surface area contributed by atoms with Crippen molar-refractivity contribution < 1.29 is 14.7 Å². The predicted molar refractivity (Wildman–Crippen MR) is 94.0 cm³/mol. The zero-order valence-electron chi connectivity index (χ0n) is 14.1. The number of aliphatic hydroxyl groups is 1. The van der Waals surface area contributed by atoms with E-state index in [4.69, 9.17) is 0 Å². The molecule has 0 radical (unpaired) electrons. The lowest BCUT2D eigenvalue weighted by atomic mass is 9.77. The molecule has 0 bridgehead atoms. The van der Waals surface area contributed by atoms with Crippen molar-refractivity contribution in [2.45, 2.75) is 36.8 Å². The Balaban J connectivity index is 1.65. The first-order chi connectivity index (χ1) is 11.5.